The summed E-state index contributed by atoms with van der Waals surface area (Å²) in [5.41, 5.74) is 5.74. The van der Waals surface area contributed by atoms with Gasteiger partial charge in [0.1, 0.15) is 6.04 Å². The highest BCUT2D eigenvalue weighted by molar-refractivity contribution is 5.82. The van der Waals surface area contributed by atoms with Crippen molar-refractivity contribution in [3.8, 4) is 0 Å². The van der Waals surface area contributed by atoms with E-state index in [9.17, 15) is 9.90 Å². The summed E-state index contributed by atoms with van der Waals surface area (Å²) in [5.74, 6) is -0.266. The van der Waals surface area contributed by atoms with Crippen molar-refractivity contribution in [2.75, 3.05) is 6.54 Å². The van der Waals surface area contributed by atoms with Crippen LogP contribution in [0.5, 0.6) is 0 Å². The van der Waals surface area contributed by atoms with E-state index in [0.717, 1.165) is 12.0 Å². The highest BCUT2D eigenvalue weighted by Gasteiger charge is 2.22. The summed E-state index contributed by atoms with van der Waals surface area (Å²) in [7, 11) is 0. The molecule has 4 heteroatoms. The Hall–Kier alpha value is -1.39. The Morgan fingerprint density at radius 1 is 1.44 bits per heavy atom. The van der Waals surface area contributed by atoms with Gasteiger partial charge in [-0.2, -0.15) is 0 Å². The smallest absolute Gasteiger partial charge is 0.241 e. The third-order valence-electron chi connectivity index (χ3n) is 2.87. The first kappa shape index (κ1) is 14.7. The van der Waals surface area contributed by atoms with Crippen LogP contribution in [0.1, 0.15) is 38.3 Å². The molecule has 4 N–H and O–H groups in total. The van der Waals surface area contributed by atoms with Gasteiger partial charge in [0, 0.05) is 6.54 Å². The van der Waals surface area contributed by atoms with Crippen LogP contribution in [0.4, 0.5) is 0 Å². The topological polar surface area (TPSA) is 75.3 Å². The fourth-order valence-corrected chi connectivity index (χ4v) is 1.83. The van der Waals surface area contributed by atoms with E-state index in [0.29, 0.717) is 6.42 Å². The van der Waals surface area contributed by atoms with Crippen molar-refractivity contribution >= 4 is 5.91 Å². The van der Waals surface area contributed by atoms with Gasteiger partial charge < -0.3 is 16.2 Å². The molecule has 0 heterocycles. The first-order valence-electron chi connectivity index (χ1n) is 6.27. The third-order valence-corrected chi connectivity index (χ3v) is 2.87. The molecule has 2 atom stereocenters. The van der Waals surface area contributed by atoms with Crippen LogP contribution in [0.15, 0.2) is 30.3 Å². The Bertz CT molecular complexity index is 377. The molecule has 0 fully saturated rings. The molecule has 1 rings (SSSR count). The third kappa shape index (κ3) is 4.47. The van der Waals surface area contributed by atoms with Crippen LogP contribution < -0.4 is 11.1 Å². The Labute approximate surface area is 108 Å². The summed E-state index contributed by atoms with van der Waals surface area (Å²) in [6.07, 6.45) is 1.52. The number of nitrogens with two attached hydrogens (primary N) is 1. The van der Waals surface area contributed by atoms with Crippen LogP contribution >= 0.6 is 0 Å². The van der Waals surface area contributed by atoms with Crippen LogP contribution in [0.2, 0.25) is 0 Å². The summed E-state index contributed by atoms with van der Waals surface area (Å²) >= 11 is 0. The second-order valence-corrected chi connectivity index (χ2v) is 4.85. The highest BCUT2D eigenvalue weighted by atomic mass is 16.3. The zero-order valence-corrected chi connectivity index (χ0v) is 11.0. The quantitative estimate of drug-likeness (QED) is 0.713. The van der Waals surface area contributed by atoms with Gasteiger partial charge in [0.2, 0.25) is 5.91 Å². The van der Waals surface area contributed by atoms with E-state index >= 15 is 0 Å². The van der Waals surface area contributed by atoms with Crippen LogP contribution in [0.25, 0.3) is 0 Å². The summed E-state index contributed by atoms with van der Waals surface area (Å²) in [5, 5.41) is 12.7. The summed E-state index contributed by atoms with van der Waals surface area (Å²) in [6.45, 7) is 3.93. The van der Waals surface area contributed by atoms with Crippen molar-refractivity contribution < 1.29 is 9.90 Å². The van der Waals surface area contributed by atoms with E-state index in [4.69, 9.17) is 5.73 Å². The molecule has 0 saturated heterocycles. The number of carbonyl (C=O) groups excluding carboxylic acids is 1. The number of hydrogen-bond acceptors (Lipinski definition) is 3. The maximum atomic E-state index is 11.8. The van der Waals surface area contributed by atoms with Crippen molar-refractivity contribution in [3.63, 3.8) is 0 Å². The van der Waals surface area contributed by atoms with Crippen LogP contribution in [0, 0.1) is 0 Å². The van der Waals surface area contributed by atoms with Gasteiger partial charge in [-0.05, 0) is 18.9 Å². The zero-order chi connectivity index (χ0) is 13.6. The molecule has 1 unspecified atom stereocenters. The lowest BCUT2D eigenvalue weighted by molar-refractivity contribution is -0.123. The second-order valence-electron chi connectivity index (χ2n) is 4.85. The number of carbonyl (C=O) groups is 1. The number of nitrogens with one attached hydrogen (secondary N) is 1. The minimum atomic E-state index is -0.874. The number of rotatable bonds is 6. The van der Waals surface area contributed by atoms with Crippen molar-refractivity contribution in [2.45, 2.75) is 38.3 Å². The minimum Gasteiger partial charge on any atom is -0.388 e. The van der Waals surface area contributed by atoms with Crippen molar-refractivity contribution in [1.29, 1.82) is 0 Å². The molecule has 0 aromatic heterocycles. The lowest BCUT2D eigenvalue weighted by atomic mass is 10.0. The molecular formula is C14H22N2O2. The predicted molar refractivity (Wildman–Crippen MR) is 71.9 cm³/mol. The SMILES string of the molecule is CCCC(C)(O)CNC(=O)[C@@H](N)c1ccccc1. The van der Waals surface area contributed by atoms with Gasteiger partial charge in [0.25, 0.3) is 0 Å². The molecule has 4 nitrogen and oxygen atoms in total. The molecule has 0 aliphatic heterocycles. The van der Waals surface area contributed by atoms with E-state index in [1.807, 2.05) is 37.3 Å². The molecule has 0 spiro atoms. The molecule has 1 aromatic carbocycles. The average molecular weight is 250 g/mol. The lowest BCUT2D eigenvalue weighted by Gasteiger charge is -2.24. The molecular weight excluding hydrogens is 228 g/mol. The first-order valence-corrected chi connectivity index (χ1v) is 6.27. The van der Waals surface area contributed by atoms with E-state index in [2.05, 4.69) is 5.32 Å². The fraction of sp³-hybridized carbons (Fsp3) is 0.500. The first-order chi connectivity index (χ1) is 8.46. The monoisotopic (exact) mass is 250 g/mol. The Morgan fingerprint density at radius 3 is 2.61 bits per heavy atom. The molecule has 18 heavy (non-hydrogen) atoms. The maximum absolute atomic E-state index is 11.8. The minimum absolute atomic E-state index is 0.222. The average Bonchev–Trinajstić information content (AvgIpc) is 2.36. The Kier molecular flexibility index (Phi) is 5.31. The number of benzene rings is 1. The van der Waals surface area contributed by atoms with E-state index < -0.39 is 11.6 Å². The predicted octanol–water partition coefficient (Wildman–Crippen LogP) is 1.35. The molecule has 0 saturated carbocycles. The van der Waals surface area contributed by atoms with Crippen LogP contribution in [-0.2, 0) is 4.79 Å². The van der Waals surface area contributed by atoms with Crippen molar-refractivity contribution in [1.82, 2.24) is 5.32 Å². The van der Waals surface area contributed by atoms with Gasteiger partial charge in [-0.1, -0.05) is 43.7 Å². The number of aliphatic hydroxyl groups is 1. The molecule has 0 bridgehead atoms. The zero-order valence-electron chi connectivity index (χ0n) is 11.0. The standard InChI is InChI=1S/C14H22N2O2/c1-3-9-14(2,18)10-16-13(17)12(15)11-7-5-4-6-8-11/h4-8,12,18H,3,9-10,15H2,1-2H3,(H,16,17)/t12-,14?/m0/s1. The highest BCUT2D eigenvalue weighted by Crippen LogP contribution is 2.12. The second kappa shape index (κ2) is 6.52. The molecule has 0 aliphatic carbocycles. The van der Waals surface area contributed by atoms with Gasteiger partial charge in [0.05, 0.1) is 5.60 Å². The molecule has 100 valence electrons. The Morgan fingerprint density at radius 2 is 2.06 bits per heavy atom. The van der Waals surface area contributed by atoms with Gasteiger partial charge in [-0.15, -0.1) is 0 Å². The van der Waals surface area contributed by atoms with E-state index in [1.165, 1.54) is 0 Å². The fourth-order valence-electron chi connectivity index (χ4n) is 1.83. The molecule has 1 amide bonds. The molecule has 0 radical (unpaired) electrons. The van der Waals surface area contributed by atoms with Crippen LogP contribution in [0.3, 0.4) is 0 Å². The van der Waals surface area contributed by atoms with Gasteiger partial charge in [-0.3, -0.25) is 4.79 Å². The van der Waals surface area contributed by atoms with Gasteiger partial charge >= 0.3 is 0 Å². The van der Waals surface area contributed by atoms with E-state index in [-0.39, 0.29) is 12.5 Å². The van der Waals surface area contributed by atoms with Gasteiger partial charge in [-0.25, -0.2) is 0 Å². The lowest BCUT2D eigenvalue weighted by Crippen LogP contribution is -2.43. The molecule has 1 aromatic rings. The number of amides is 1. The number of hydrogen-bond donors (Lipinski definition) is 3. The maximum Gasteiger partial charge on any atom is 0.241 e. The van der Waals surface area contributed by atoms with Gasteiger partial charge in [0.15, 0.2) is 0 Å². The summed E-state index contributed by atoms with van der Waals surface area (Å²) < 4.78 is 0. The summed E-state index contributed by atoms with van der Waals surface area (Å²) in [4.78, 5) is 11.8. The largest absolute Gasteiger partial charge is 0.388 e. The molecule has 0 aliphatic rings. The van der Waals surface area contributed by atoms with Crippen LogP contribution in [-0.4, -0.2) is 23.2 Å². The van der Waals surface area contributed by atoms with Crippen molar-refractivity contribution in [3.05, 3.63) is 35.9 Å². The van der Waals surface area contributed by atoms with E-state index in [1.54, 1.807) is 6.92 Å². The van der Waals surface area contributed by atoms with Crippen molar-refractivity contribution in [2.24, 2.45) is 5.73 Å². The Balaban J connectivity index is 2.51. The normalized spacial score (nSPS) is 15.8. The summed E-state index contributed by atoms with van der Waals surface area (Å²) in [6, 6.07) is 8.50.